The van der Waals surface area contributed by atoms with Crippen LogP contribution in [0.3, 0.4) is 0 Å². The topological polar surface area (TPSA) is 64.8 Å². The van der Waals surface area contributed by atoms with Crippen LogP contribution in [0.15, 0.2) is 40.9 Å². The summed E-state index contributed by atoms with van der Waals surface area (Å²) in [6, 6.07) is 11.3. The van der Waals surface area contributed by atoms with Crippen LogP contribution in [0, 0.1) is 0 Å². The highest BCUT2D eigenvalue weighted by atomic mass is 16.7. The molecule has 24 heavy (non-hydrogen) atoms. The molecule has 1 amide bonds. The third-order valence-corrected chi connectivity index (χ3v) is 4.62. The average molecular weight is 328 g/mol. The van der Waals surface area contributed by atoms with Gasteiger partial charge in [0.15, 0.2) is 17.2 Å². The summed E-state index contributed by atoms with van der Waals surface area (Å²) in [5.41, 5.74) is 1.25. The Morgan fingerprint density at radius 1 is 1.08 bits per heavy atom. The van der Waals surface area contributed by atoms with Crippen molar-refractivity contribution in [2.45, 2.75) is 25.0 Å². The lowest BCUT2D eigenvalue weighted by Gasteiger charge is -2.43. The molecule has 4 rings (SSSR count). The van der Waals surface area contributed by atoms with Crippen LogP contribution in [-0.4, -0.2) is 48.1 Å². The molecule has 1 aromatic heterocycles. The number of amides is 1. The Balaban J connectivity index is 1.43. The largest absolute Gasteiger partial charge is 0.355 e. The fourth-order valence-corrected chi connectivity index (χ4v) is 3.23. The van der Waals surface area contributed by atoms with E-state index in [-0.39, 0.29) is 5.91 Å². The molecule has 2 aliphatic heterocycles. The maximum Gasteiger partial charge on any atom is 0.276 e. The second-order valence-corrected chi connectivity index (χ2v) is 6.20. The summed E-state index contributed by atoms with van der Waals surface area (Å²) in [5, 5.41) is 3.94. The molecule has 6 nitrogen and oxygen atoms in total. The van der Waals surface area contributed by atoms with Gasteiger partial charge in [-0.2, -0.15) is 0 Å². The molecule has 0 N–H and O–H groups in total. The van der Waals surface area contributed by atoms with Crippen LogP contribution in [0.5, 0.6) is 0 Å². The number of rotatable bonds is 2. The van der Waals surface area contributed by atoms with Crippen molar-refractivity contribution >= 4 is 5.91 Å². The van der Waals surface area contributed by atoms with Crippen LogP contribution in [0.4, 0.5) is 0 Å². The highest BCUT2D eigenvalue weighted by Crippen LogP contribution is 2.31. The molecule has 1 aromatic carbocycles. The van der Waals surface area contributed by atoms with Gasteiger partial charge in [0.05, 0.1) is 13.2 Å². The number of aromatic nitrogens is 1. The molecular weight excluding hydrogens is 308 g/mol. The molecule has 0 aliphatic carbocycles. The summed E-state index contributed by atoms with van der Waals surface area (Å²) >= 11 is 0. The number of carbonyl (C=O) groups excluding carboxylic acids is 1. The number of benzene rings is 1. The normalized spacial score (nSPS) is 20.2. The Bertz CT molecular complexity index is 697. The van der Waals surface area contributed by atoms with E-state index in [0.29, 0.717) is 37.4 Å². The standard InChI is InChI=1S/C18H20N2O4/c21-17(15-13-16(24-19-15)14-5-2-1-3-6-14)20-9-7-18(8-10-20)22-11-4-12-23-18/h1-3,5-6,13H,4,7-12H2. The molecule has 0 atom stereocenters. The van der Waals surface area contributed by atoms with Crippen molar-refractivity contribution in [1.82, 2.24) is 10.1 Å². The van der Waals surface area contributed by atoms with E-state index in [1.54, 1.807) is 11.0 Å². The smallest absolute Gasteiger partial charge is 0.276 e. The molecule has 0 unspecified atom stereocenters. The monoisotopic (exact) mass is 328 g/mol. The Labute approximate surface area is 140 Å². The molecule has 126 valence electrons. The maximum absolute atomic E-state index is 12.6. The molecule has 2 fully saturated rings. The molecule has 2 saturated heterocycles. The second-order valence-electron chi connectivity index (χ2n) is 6.20. The summed E-state index contributed by atoms with van der Waals surface area (Å²) in [4.78, 5) is 14.4. The van der Waals surface area contributed by atoms with Gasteiger partial charge < -0.3 is 18.9 Å². The predicted molar refractivity (Wildman–Crippen MR) is 86.3 cm³/mol. The van der Waals surface area contributed by atoms with E-state index in [2.05, 4.69) is 5.16 Å². The van der Waals surface area contributed by atoms with Crippen LogP contribution < -0.4 is 0 Å². The number of hydrogen-bond donors (Lipinski definition) is 0. The van der Waals surface area contributed by atoms with E-state index < -0.39 is 5.79 Å². The summed E-state index contributed by atoms with van der Waals surface area (Å²) < 4.78 is 16.9. The Hall–Kier alpha value is -2.18. The van der Waals surface area contributed by atoms with Crippen molar-refractivity contribution in [1.29, 1.82) is 0 Å². The summed E-state index contributed by atoms with van der Waals surface area (Å²) in [7, 11) is 0. The third kappa shape index (κ3) is 2.95. The first kappa shape index (κ1) is 15.4. The second kappa shape index (κ2) is 6.37. The zero-order chi connectivity index (χ0) is 16.4. The number of likely N-dealkylation sites (tertiary alicyclic amines) is 1. The summed E-state index contributed by atoms with van der Waals surface area (Å²) in [6.07, 6.45) is 2.33. The fraction of sp³-hybridized carbons (Fsp3) is 0.444. The van der Waals surface area contributed by atoms with Gasteiger partial charge in [-0.15, -0.1) is 0 Å². The van der Waals surface area contributed by atoms with Crippen molar-refractivity contribution in [2.75, 3.05) is 26.3 Å². The third-order valence-electron chi connectivity index (χ3n) is 4.62. The molecule has 6 heteroatoms. The van der Waals surface area contributed by atoms with Crippen LogP contribution in [-0.2, 0) is 9.47 Å². The minimum Gasteiger partial charge on any atom is -0.355 e. The molecule has 2 aromatic rings. The van der Waals surface area contributed by atoms with E-state index >= 15 is 0 Å². The highest BCUT2D eigenvalue weighted by Gasteiger charge is 2.39. The van der Waals surface area contributed by atoms with Gasteiger partial charge in [0.2, 0.25) is 0 Å². The van der Waals surface area contributed by atoms with Gasteiger partial charge in [-0.3, -0.25) is 4.79 Å². The van der Waals surface area contributed by atoms with Crippen LogP contribution in [0.1, 0.15) is 29.8 Å². The molecule has 3 heterocycles. The fourth-order valence-electron chi connectivity index (χ4n) is 3.23. The average Bonchev–Trinajstić information content (AvgIpc) is 3.13. The van der Waals surface area contributed by atoms with Crippen LogP contribution in [0.25, 0.3) is 11.3 Å². The maximum atomic E-state index is 12.6. The van der Waals surface area contributed by atoms with E-state index in [4.69, 9.17) is 14.0 Å². The van der Waals surface area contributed by atoms with Gasteiger partial charge in [0.1, 0.15) is 0 Å². The lowest BCUT2D eigenvalue weighted by atomic mass is 10.0. The number of carbonyl (C=O) groups is 1. The number of nitrogens with zero attached hydrogens (tertiary/aromatic N) is 2. The highest BCUT2D eigenvalue weighted by molar-refractivity contribution is 5.93. The first-order chi connectivity index (χ1) is 11.8. The number of piperidine rings is 1. The van der Waals surface area contributed by atoms with Crippen LogP contribution in [0.2, 0.25) is 0 Å². The molecule has 0 saturated carbocycles. The van der Waals surface area contributed by atoms with Crippen molar-refractivity contribution in [3.8, 4) is 11.3 Å². The minimum atomic E-state index is -0.492. The molecule has 2 aliphatic rings. The number of ether oxygens (including phenoxy) is 2. The Kier molecular flexibility index (Phi) is 4.08. The molecule has 1 spiro atoms. The van der Waals surface area contributed by atoms with E-state index in [1.807, 2.05) is 30.3 Å². The first-order valence-electron chi connectivity index (χ1n) is 8.35. The van der Waals surface area contributed by atoms with E-state index in [0.717, 1.165) is 25.2 Å². The van der Waals surface area contributed by atoms with Crippen molar-refractivity contribution in [3.05, 3.63) is 42.1 Å². The van der Waals surface area contributed by atoms with Crippen molar-refractivity contribution in [3.63, 3.8) is 0 Å². The predicted octanol–water partition coefficient (Wildman–Crippen LogP) is 2.71. The molecular formula is C18H20N2O4. The van der Waals surface area contributed by atoms with Gasteiger partial charge in [-0.25, -0.2) is 0 Å². The van der Waals surface area contributed by atoms with Crippen molar-refractivity contribution < 1.29 is 18.8 Å². The first-order valence-corrected chi connectivity index (χ1v) is 8.35. The summed E-state index contributed by atoms with van der Waals surface area (Å²) in [6.45, 7) is 2.67. The van der Waals surface area contributed by atoms with Gasteiger partial charge >= 0.3 is 0 Å². The molecule has 0 radical (unpaired) electrons. The summed E-state index contributed by atoms with van der Waals surface area (Å²) in [5.74, 6) is 0.00611. The van der Waals surface area contributed by atoms with E-state index in [9.17, 15) is 4.79 Å². The minimum absolute atomic E-state index is 0.105. The van der Waals surface area contributed by atoms with Crippen LogP contribution >= 0.6 is 0 Å². The van der Waals surface area contributed by atoms with Gasteiger partial charge in [-0.1, -0.05) is 35.5 Å². The lowest BCUT2D eigenvalue weighted by molar-refractivity contribution is -0.281. The number of hydrogen-bond acceptors (Lipinski definition) is 5. The van der Waals surface area contributed by atoms with Gasteiger partial charge in [0, 0.05) is 37.6 Å². The lowest BCUT2D eigenvalue weighted by Crippen LogP contribution is -2.51. The van der Waals surface area contributed by atoms with E-state index in [1.165, 1.54) is 0 Å². The SMILES string of the molecule is O=C(c1cc(-c2ccccc2)on1)N1CCC2(CC1)OCCCO2. The van der Waals surface area contributed by atoms with Crippen molar-refractivity contribution in [2.24, 2.45) is 0 Å². The zero-order valence-corrected chi connectivity index (χ0v) is 13.4. The van der Waals surface area contributed by atoms with Gasteiger partial charge in [-0.05, 0) is 6.42 Å². The quantitative estimate of drug-likeness (QED) is 0.848. The van der Waals surface area contributed by atoms with Gasteiger partial charge in [0.25, 0.3) is 5.91 Å². The Morgan fingerprint density at radius 3 is 2.50 bits per heavy atom. The zero-order valence-electron chi connectivity index (χ0n) is 13.4. The Morgan fingerprint density at radius 2 is 1.79 bits per heavy atom. The molecule has 0 bridgehead atoms.